The summed E-state index contributed by atoms with van der Waals surface area (Å²) in [5.41, 5.74) is 2.55. The average molecular weight is 349 g/mol. The predicted octanol–water partition coefficient (Wildman–Crippen LogP) is 4.98. The van der Waals surface area contributed by atoms with Gasteiger partial charge in [0.25, 0.3) is 0 Å². The Morgan fingerprint density at radius 2 is 1.52 bits per heavy atom. The molecule has 120 valence electrons. The van der Waals surface area contributed by atoms with Crippen LogP contribution in [0.15, 0.2) is 48.5 Å². The number of halogens is 1. The van der Waals surface area contributed by atoms with E-state index < -0.39 is 10.7 Å². The third-order valence-electron chi connectivity index (χ3n) is 3.63. The van der Waals surface area contributed by atoms with Gasteiger partial charge < -0.3 is 5.11 Å². The molecule has 0 saturated carbocycles. The summed E-state index contributed by atoms with van der Waals surface area (Å²) in [6.45, 7) is 3.28. The van der Waals surface area contributed by atoms with Crippen LogP contribution in [-0.2, 0) is 14.3 Å². The van der Waals surface area contributed by atoms with Crippen molar-refractivity contribution in [1.82, 2.24) is 0 Å². The zero-order valence-electron chi connectivity index (χ0n) is 12.9. The van der Waals surface area contributed by atoms with Crippen LogP contribution in [-0.4, -0.2) is 16.2 Å². The van der Waals surface area contributed by atoms with Crippen LogP contribution in [0.3, 0.4) is 0 Å². The lowest BCUT2D eigenvalue weighted by Gasteiger charge is -2.24. The Kier molecular flexibility index (Phi) is 5.50. The Morgan fingerprint density at radius 1 is 1.04 bits per heavy atom. The first kappa shape index (κ1) is 17.6. The van der Waals surface area contributed by atoms with Crippen molar-refractivity contribution in [3.8, 4) is 11.1 Å². The molecule has 0 fully saturated rings. The molecule has 0 aliphatic heterocycles. The van der Waals surface area contributed by atoms with Crippen LogP contribution < -0.4 is 0 Å². The van der Waals surface area contributed by atoms with Gasteiger partial charge in [0.15, 0.2) is 5.12 Å². The molecular weight excluding hydrogens is 332 g/mol. The highest BCUT2D eigenvalue weighted by Gasteiger charge is 2.38. The highest BCUT2D eigenvalue weighted by molar-refractivity contribution is 8.15. The van der Waals surface area contributed by atoms with Gasteiger partial charge in [-0.25, -0.2) is 0 Å². The summed E-state index contributed by atoms with van der Waals surface area (Å²) in [5, 5.41) is 10.1. The molecule has 0 amide bonds. The molecule has 0 aliphatic rings. The molecule has 3 nitrogen and oxygen atoms in total. The summed E-state index contributed by atoms with van der Waals surface area (Å²) in [6, 6.07) is 14.7. The topological polar surface area (TPSA) is 54.4 Å². The van der Waals surface area contributed by atoms with Gasteiger partial charge in [0.05, 0.1) is 0 Å². The summed E-state index contributed by atoms with van der Waals surface area (Å²) in [6.07, 6.45) is 0.302. The van der Waals surface area contributed by atoms with Crippen LogP contribution in [0.25, 0.3) is 11.1 Å². The average Bonchev–Trinajstić information content (AvgIpc) is 2.55. The molecule has 0 heterocycles. The van der Waals surface area contributed by atoms with E-state index in [-0.39, 0.29) is 5.12 Å². The van der Waals surface area contributed by atoms with E-state index in [1.807, 2.05) is 36.4 Å². The Balaban J connectivity index is 2.34. The fourth-order valence-corrected chi connectivity index (χ4v) is 3.22. The van der Waals surface area contributed by atoms with Gasteiger partial charge in [-0.05, 0) is 35.7 Å². The van der Waals surface area contributed by atoms with E-state index >= 15 is 0 Å². The summed E-state index contributed by atoms with van der Waals surface area (Å²) in [4.78, 5) is 23.4. The van der Waals surface area contributed by atoms with Crippen molar-refractivity contribution >= 4 is 34.4 Å². The first-order chi connectivity index (χ1) is 10.9. The molecule has 1 N–H and O–H groups in total. The van der Waals surface area contributed by atoms with Gasteiger partial charge in [-0.1, -0.05) is 66.7 Å². The van der Waals surface area contributed by atoms with E-state index in [0.717, 1.165) is 22.9 Å². The molecule has 0 spiro atoms. The second kappa shape index (κ2) is 7.20. The van der Waals surface area contributed by atoms with Gasteiger partial charge in [0.1, 0.15) is 4.75 Å². The number of aliphatic carboxylic acids is 1. The van der Waals surface area contributed by atoms with Crippen molar-refractivity contribution in [2.24, 2.45) is 0 Å². The molecule has 1 unspecified atom stereocenters. The molecule has 5 heteroatoms. The van der Waals surface area contributed by atoms with Crippen molar-refractivity contribution in [2.75, 3.05) is 0 Å². The zero-order valence-corrected chi connectivity index (χ0v) is 14.4. The lowest BCUT2D eigenvalue weighted by Crippen LogP contribution is -2.30. The minimum Gasteiger partial charge on any atom is -0.480 e. The van der Waals surface area contributed by atoms with Crippen molar-refractivity contribution in [2.45, 2.75) is 25.0 Å². The number of carboxylic acids is 1. The van der Waals surface area contributed by atoms with Crippen LogP contribution >= 0.6 is 23.4 Å². The number of carbonyl (C=O) groups is 2. The number of carbonyl (C=O) groups excluding carboxylic acids is 1. The normalized spacial score (nSPS) is 13.3. The largest absolute Gasteiger partial charge is 0.480 e. The Labute approximate surface area is 144 Å². The number of hydrogen-bond donors (Lipinski definition) is 1. The number of benzene rings is 2. The summed E-state index contributed by atoms with van der Waals surface area (Å²) < 4.78 is -1.29. The summed E-state index contributed by atoms with van der Waals surface area (Å²) in [7, 11) is 0. The molecule has 0 bridgehead atoms. The monoisotopic (exact) mass is 348 g/mol. The molecular formula is C18H17ClO3S. The van der Waals surface area contributed by atoms with Crippen molar-refractivity contribution < 1.29 is 14.7 Å². The van der Waals surface area contributed by atoms with Gasteiger partial charge in [-0.3, -0.25) is 9.59 Å². The van der Waals surface area contributed by atoms with Crippen LogP contribution in [0.1, 0.15) is 25.8 Å². The van der Waals surface area contributed by atoms with Crippen LogP contribution in [0.5, 0.6) is 0 Å². The molecule has 23 heavy (non-hydrogen) atoms. The first-order valence-electron chi connectivity index (χ1n) is 7.18. The van der Waals surface area contributed by atoms with Crippen LogP contribution in [0, 0.1) is 0 Å². The third-order valence-corrected chi connectivity index (χ3v) is 5.21. The molecule has 2 rings (SSSR count). The number of rotatable bonds is 5. The van der Waals surface area contributed by atoms with E-state index in [2.05, 4.69) is 0 Å². The second-order valence-corrected chi connectivity index (χ2v) is 7.16. The molecule has 2 aromatic rings. The van der Waals surface area contributed by atoms with E-state index in [1.54, 1.807) is 26.0 Å². The molecule has 2 aromatic carbocycles. The standard InChI is InChI=1S/C18H17ClO3S/c1-3-16(20)23-18(2,17(21)22)14-8-4-12(5-9-14)13-6-10-15(19)11-7-13/h4-11H,3H2,1-2H3,(H,21,22). The van der Waals surface area contributed by atoms with Gasteiger partial charge in [-0.15, -0.1) is 0 Å². The molecule has 0 aliphatic carbocycles. The Bertz CT molecular complexity index is 710. The van der Waals surface area contributed by atoms with Gasteiger partial charge in [0.2, 0.25) is 0 Å². The Hall–Kier alpha value is -1.78. The lowest BCUT2D eigenvalue weighted by molar-refractivity contribution is -0.139. The molecule has 0 radical (unpaired) electrons. The third kappa shape index (κ3) is 3.95. The molecule has 0 aromatic heterocycles. The van der Waals surface area contributed by atoms with Crippen molar-refractivity contribution in [1.29, 1.82) is 0 Å². The smallest absolute Gasteiger partial charge is 0.324 e. The number of carboxylic acid groups (broad SMARTS) is 1. The van der Waals surface area contributed by atoms with Gasteiger partial charge in [-0.2, -0.15) is 0 Å². The van der Waals surface area contributed by atoms with Gasteiger partial charge >= 0.3 is 5.97 Å². The van der Waals surface area contributed by atoms with E-state index in [9.17, 15) is 14.7 Å². The SMILES string of the molecule is CCC(=O)SC(C)(C(=O)O)c1ccc(-c2ccc(Cl)cc2)cc1. The predicted molar refractivity (Wildman–Crippen MR) is 94.8 cm³/mol. The van der Waals surface area contributed by atoms with E-state index in [1.165, 1.54) is 0 Å². The summed E-state index contributed by atoms with van der Waals surface area (Å²) >= 11 is 6.74. The number of thioether (sulfide) groups is 1. The minimum atomic E-state index is -1.29. The maximum absolute atomic E-state index is 11.7. The fourth-order valence-electron chi connectivity index (χ4n) is 2.15. The Morgan fingerprint density at radius 3 is 1.96 bits per heavy atom. The highest BCUT2D eigenvalue weighted by atomic mass is 35.5. The van der Waals surface area contributed by atoms with Crippen molar-refractivity contribution in [3.05, 3.63) is 59.1 Å². The van der Waals surface area contributed by atoms with Crippen LogP contribution in [0.2, 0.25) is 5.02 Å². The van der Waals surface area contributed by atoms with Gasteiger partial charge in [0, 0.05) is 11.4 Å². The maximum Gasteiger partial charge on any atom is 0.324 e. The molecule has 1 atom stereocenters. The second-order valence-electron chi connectivity index (χ2n) is 5.25. The molecule has 0 saturated heterocycles. The van der Waals surface area contributed by atoms with Crippen LogP contribution in [0.4, 0.5) is 0 Å². The fraction of sp³-hybridized carbons (Fsp3) is 0.222. The van der Waals surface area contributed by atoms with E-state index in [4.69, 9.17) is 11.6 Å². The first-order valence-corrected chi connectivity index (χ1v) is 8.38. The highest BCUT2D eigenvalue weighted by Crippen LogP contribution is 2.38. The van der Waals surface area contributed by atoms with Crippen molar-refractivity contribution in [3.63, 3.8) is 0 Å². The number of hydrogen-bond acceptors (Lipinski definition) is 3. The maximum atomic E-state index is 11.7. The summed E-state index contributed by atoms with van der Waals surface area (Å²) in [5.74, 6) is -1.02. The minimum absolute atomic E-state index is 0.142. The quantitative estimate of drug-likeness (QED) is 0.828. The van der Waals surface area contributed by atoms with E-state index in [0.29, 0.717) is 17.0 Å². The lowest BCUT2D eigenvalue weighted by atomic mass is 9.97. The zero-order chi connectivity index (χ0) is 17.0.